The van der Waals surface area contributed by atoms with E-state index in [1.807, 2.05) is 13.1 Å². The first-order chi connectivity index (χ1) is 11.6. The van der Waals surface area contributed by atoms with Gasteiger partial charge in [0.05, 0.1) is 11.4 Å². The van der Waals surface area contributed by atoms with E-state index < -0.39 is 0 Å². The van der Waals surface area contributed by atoms with E-state index in [-0.39, 0.29) is 30.1 Å². The lowest BCUT2D eigenvalue weighted by Crippen LogP contribution is -2.46. The van der Waals surface area contributed by atoms with Gasteiger partial charge >= 0.3 is 0 Å². The van der Waals surface area contributed by atoms with Crippen molar-refractivity contribution in [2.45, 2.75) is 12.8 Å². The van der Waals surface area contributed by atoms with Crippen LogP contribution in [-0.2, 0) is 11.8 Å². The zero-order chi connectivity index (χ0) is 17.1. The maximum atomic E-state index is 12.8. The Labute approximate surface area is 152 Å². The molecule has 25 heavy (non-hydrogen) atoms. The Morgan fingerprint density at radius 2 is 2.20 bits per heavy atom. The number of nitrogens with one attached hydrogen (secondary N) is 1. The molecule has 0 spiro atoms. The summed E-state index contributed by atoms with van der Waals surface area (Å²) in [5, 5.41) is 10.8. The number of benzene rings is 1. The van der Waals surface area contributed by atoms with Gasteiger partial charge in [-0.2, -0.15) is 0 Å². The Hall–Kier alpha value is -2.19. The van der Waals surface area contributed by atoms with E-state index >= 15 is 0 Å². The molecule has 3 N–H and O–H groups in total. The number of nitrogens with two attached hydrogens (primary N) is 1. The van der Waals surface area contributed by atoms with E-state index in [2.05, 4.69) is 15.6 Å². The van der Waals surface area contributed by atoms with Crippen molar-refractivity contribution in [2.24, 2.45) is 18.7 Å². The summed E-state index contributed by atoms with van der Waals surface area (Å²) in [5.41, 5.74) is 7.56. The molecule has 8 nitrogen and oxygen atoms in total. The van der Waals surface area contributed by atoms with E-state index in [1.54, 1.807) is 21.7 Å². The molecule has 2 amide bonds. The molecule has 0 bridgehead atoms. The van der Waals surface area contributed by atoms with Crippen LogP contribution in [0.1, 0.15) is 23.2 Å². The summed E-state index contributed by atoms with van der Waals surface area (Å²) < 4.78 is 1.67. The number of rotatable bonds is 4. The van der Waals surface area contributed by atoms with Crippen molar-refractivity contribution in [1.29, 1.82) is 0 Å². The Morgan fingerprint density at radius 3 is 2.96 bits per heavy atom. The molecular formula is C16H23ClN6O2. The van der Waals surface area contributed by atoms with Crippen LogP contribution < -0.4 is 11.1 Å². The number of fused-ring (bicyclic) bond motifs is 1. The number of amides is 2. The lowest BCUT2D eigenvalue weighted by atomic mass is 9.96. The van der Waals surface area contributed by atoms with Crippen LogP contribution in [0.15, 0.2) is 18.2 Å². The monoisotopic (exact) mass is 366 g/mol. The lowest BCUT2D eigenvalue weighted by molar-refractivity contribution is -0.126. The Morgan fingerprint density at radius 1 is 1.40 bits per heavy atom. The van der Waals surface area contributed by atoms with E-state index in [1.165, 1.54) is 0 Å². The van der Waals surface area contributed by atoms with Crippen LogP contribution in [0, 0.1) is 5.92 Å². The first kappa shape index (κ1) is 19.1. The topological polar surface area (TPSA) is 106 Å². The average molecular weight is 367 g/mol. The molecule has 1 aromatic heterocycles. The number of nitrogens with zero attached hydrogens (tertiary/aromatic N) is 4. The highest BCUT2D eigenvalue weighted by molar-refractivity contribution is 5.97. The van der Waals surface area contributed by atoms with Crippen LogP contribution in [0.4, 0.5) is 0 Å². The highest BCUT2D eigenvalue weighted by Crippen LogP contribution is 2.20. The largest absolute Gasteiger partial charge is 0.355 e. The van der Waals surface area contributed by atoms with Gasteiger partial charge in [-0.25, -0.2) is 4.68 Å². The van der Waals surface area contributed by atoms with Gasteiger partial charge in [0.15, 0.2) is 0 Å². The third-order valence-corrected chi connectivity index (χ3v) is 4.38. The lowest BCUT2D eigenvalue weighted by Gasteiger charge is -2.32. The van der Waals surface area contributed by atoms with Crippen LogP contribution in [0.3, 0.4) is 0 Å². The van der Waals surface area contributed by atoms with Crippen LogP contribution in [0.5, 0.6) is 0 Å². The van der Waals surface area contributed by atoms with Crippen molar-refractivity contribution in [2.75, 3.05) is 26.2 Å². The summed E-state index contributed by atoms with van der Waals surface area (Å²) in [6.45, 7) is 1.98. The molecule has 9 heteroatoms. The van der Waals surface area contributed by atoms with E-state index in [0.717, 1.165) is 18.4 Å². The van der Waals surface area contributed by atoms with E-state index in [0.29, 0.717) is 37.3 Å². The molecule has 1 aliphatic heterocycles. The minimum atomic E-state index is -0.172. The number of aromatic nitrogens is 3. The number of carbonyl (C=O) groups is 2. The molecule has 2 heterocycles. The molecule has 136 valence electrons. The number of hydrogen-bond donors (Lipinski definition) is 2. The van der Waals surface area contributed by atoms with Crippen molar-refractivity contribution >= 4 is 35.3 Å². The van der Waals surface area contributed by atoms with Gasteiger partial charge in [-0.05, 0) is 31.0 Å². The fourth-order valence-electron chi connectivity index (χ4n) is 3.07. The maximum absolute atomic E-state index is 12.8. The number of halogens is 1. The van der Waals surface area contributed by atoms with Crippen molar-refractivity contribution in [3.05, 3.63) is 23.8 Å². The van der Waals surface area contributed by atoms with Gasteiger partial charge < -0.3 is 16.0 Å². The van der Waals surface area contributed by atoms with Gasteiger partial charge in [0.25, 0.3) is 5.91 Å². The SMILES string of the molecule is Cl.Cn1nnc2cc(C(=O)N3CCCC(C(=O)NCCN)C3)ccc21. The smallest absolute Gasteiger partial charge is 0.253 e. The van der Waals surface area contributed by atoms with Crippen molar-refractivity contribution < 1.29 is 9.59 Å². The third kappa shape index (κ3) is 4.08. The Balaban J connectivity index is 0.00000225. The summed E-state index contributed by atoms with van der Waals surface area (Å²) in [5.74, 6) is -0.268. The standard InChI is InChI=1S/C16H22N6O2.ClH/c1-21-14-5-4-11(9-13(14)19-20-21)16(24)22-8-2-3-12(10-22)15(23)18-7-6-17;/h4-5,9,12H,2-3,6-8,10,17H2,1H3,(H,18,23);1H. The van der Waals surface area contributed by atoms with Crippen molar-refractivity contribution in [3.63, 3.8) is 0 Å². The zero-order valence-electron chi connectivity index (χ0n) is 14.1. The van der Waals surface area contributed by atoms with Crippen LogP contribution in [0.25, 0.3) is 11.0 Å². The molecular weight excluding hydrogens is 344 g/mol. The molecule has 0 saturated carbocycles. The van der Waals surface area contributed by atoms with Crippen LogP contribution in [-0.4, -0.2) is 57.9 Å². The normalized spacial score (nSPS) is 17.2. The van der Waals surface area contributed by atoms with Crippen molar-refractivity contribution in [3.8, 4) is 0 Å². The molecule has 1 fully saturated rings. The summed E-state index contributed by atoms with van der Waals surface area (Å²) in [6, 6.07) is 5.38. The molecule has 0 aliphatic carbocycles. The highest BCUT2D eigenvalue weighted by Gasteiger charge is 2.28. The second-order valence-electron chi connectivity index (χ2n) is 6.09. The first-order valence-electron chi connectivity index (χ1n) is 8.16. The number of aryl methyl sites for hydroxylation is 1. The second kappa shape index (κ2) is 8.26. The Kier molecular flexibility index (Phi) is 6.33. The summed E-state index contributed by atoms with van der Waals surface area (Å²) in [7, 11) is 1.81. The summed E-state index contributed by atoms with van der Waals surface area (Å²) in [6.07, 6.45) is 1.61. The molecule has 1 aliphatic rings. The fraction of sp³-hybridized carbons (Fsp3) is 0.500. The predicted octanol–water partition coefficient (Wildman–Crippen LogP) is 0.317. The molecule has 3 rings (SSSR count). The maximum Gasteiger partial charge on any atom is 0.253 e. The third-order valence-electron chi connectivity index (χ3n) is 4.38. The first-order valence-corrected chi connectivity index (χ1v) is 8.16. The quantitative estimate of drug-likeness (QED) is 0.810. The summed E-state index contributed by atoms with van der Waals surface area (Å²) in [4.78, 5) is 26.6. The molecule has 1 aromatic carbocycles. The molecule has 1 atom stereocenters. The van der Waals surface area contributed by atoms with Crippen LogP contribution >= 0.6 is 12.4 Å². The molecule has 0 radical (unpaired) electrons. The van der Waals surface area contributed by atoms with Gasteiger partial charge in [-0.15, -0.1) is 17.5 Å². The second-order valence-corrected chi connectivity index (χ2v) is 6.09. The minimum Gasteiger partial charge on any atom is -0.355 e. The summed E-state index contributed by atoms with van der Waals surface area (Å²) >= 11 is 0. The van der Waals surface area contributed by atoms with Crippen molar-refractivity contribution in [1.82, 2.24) is 25.2 Å². The number of hydrogen-bond acceptors (Lipinski definition) is 5. The molecule has 2 aromatic rings. The zero-order valence-corrected chi connectivity index (χ0v) is 15.0. The van der Waals surface area contributed by atoms with E-state index in [9.17, 15) is 9.59 Å². The van der Waals surface area contributed by atoms with Gasteiger partial charge in [0, 0.05) is 38.8 Å². The van der Waals surface area contributed by atoms with E-state index in [4.69, 9.17) is 5.73 Å². The number of carbonyl (C=O) groups excluding carboxylic acids is 2. The average Bonchev–Trinajstić information content (AvgIpc) is 2.99. The van der Waals surface area contributed by atoms with Gasteiger partial charge in [0.1, 0.15) is 5.52 Å². The molecule has 1 unspecified atom stereocenters. The Bertz CT molecular complexity index is 762. The predicted molar refractivity (Wildman–Crippen MR) is 96.4 cm³/mol. The minimum absolute atomic E-state index is 0. The number of piperidine rings is 1. The number of likely N-dealkylation sites (tertiary alicyclic amines) is 1. The van der Waals surface area contributed by atoms with Gasteiger partial charge in [-0.3, -0.25) is 9.59 Å². The highest BCUT2D eigenvalue weighted by atomic mass is 35.5. The van der Waals surface area contributed by atoms with Crippen LogP contribution in [0.2, 0.25) is 0 Å². The van der Waals surface area contributed by atoms with Gasteiger partial charge in [-0.1, -0.05) is 5.21 Å². The molecule has 1 saturated heterocycles. The van der Waals surface area contributed by atoms with Gasteiger partial charge in [0.2, 0.25) is 5.91 Å². The fourth-order valence-corrected chi connectivity index (χ4v) is 3.07.